The van der Waals surface area contributed by atoms with Gasteiger partial charge in [0.2, 0.25) is 17.7 Å². The fourth-order valence-electron chi connectivity index (χ4n) is 4.72. The monoisotopic (exact) mass is 615 g/mol. The summed E-state index contributed by atoms with van der Waals surface area (Å²) < 4.78 is 23.7. The number of nitrogens with zero attached hydrogens (tertiary/aromatic N) is 4. The second kappa shape index (κ2) is 14.3. The van der Waals surface area contributed by atoms with Crippen LogP contribution in [0.1, 0.15) is 105 Å². The van der Waals surface area contributed by atoms with Gasteiger partial charge in [0, 0.05) is 25.4 Å². The molecule has 2 aromatic rings. The van der Waals surface area contributed by atoms with Crippen molar-refractivity contribution >= 4 is 12.0 Å². The standard InChI is InChI=1S/C33H53N5O6/c1-31(2,3)41-21-26(37(10)11)29-36-35-28(42-29)25(20-22-12-14-24(15-13-22)43-32(4,5)6)34-27(39)23-16-18-38(19-17-23)30(40)44-33(7,8)9/h12-15,23,25-26H,16-21H2,1-11H3,(H,34,39)/t25-,26-/m0/s1. The number of ether oxygens (including phenoxy) is 3. The molecule has 246 valence electrons. The molecular weight excluding hydrogens is 562 g/mol. The van der Waals surface area contributed by atoms with Gasteiger partial charge in [-0.25, -0.2) is 4.79 Å². The van der Waals surface area contributed by atoms with Crippen molar-refractivity contribution in [3.8, 4) is 5.75 Å². The molecule has 1 aliphatic rings. The molecule has 1 aromatic carbocycles. The average Bonchev–Trinajstić information content (AvgIpc) is 3.36. The van der Waals surface area contributed by atoms with Crippen LogP contribution >= 0.6 is 0 Å². The Balaban J connectivity index is 1.78. The molecule has 1 aliphatic heterocycles. The van der Waals surface area contributed by atoms with Crippen molar-refractivity contribution < 1.29 is 28.2 Å². The highest BCUT2D eigenvalue weighted by Crippen LogP contribution is 2.27. The summed E-state index contributed by atoms with van der Waals surface area (Å²) in [6.07, 6.45) is 1.18. The van der Waals surface area contributed by atoms with Gasteiger partial charge >= 0.3 is 6.09 Å². The first-order chi connectivity index (χ1) is 20.3. The van der Waals surface area contributed by atoms with Gasteiger partial charge in [0.1, 0.15) is 29.0 Å². The van der Waals surface area contributed by atoms with Crippen molar-refractivity contribution in [1.29, 1.82) is 0 Å². The van der Waals surface area contributed by atoms with E-state index in [9.17, 15) is 9.59 Å². The second-order valence-corrected chi connectivity index (χ2v) is 14.7. The summed E-state index contributed by atoms with van der Waals surface area (Å²) in [5, 5.41) is 11.9. The predicted molar refractivity (Wildman–Crippen MR) is 168 cm³/mol. The number of hydrogen-bond acceptors (Lipinski definition) is 9. The molecule has 1 N–H and O–H groups in total. The largest absolute Gasteiger partial charge is 0.488 e. The van der Waals surface area contributed by atoms with E-state index in [1.54, 1.807) is 4.90 Å². The van der Waals surface area contributed by atoms with Gasteiger partial charge in [0.15, 0.2) is 0 Å². The zero-order valence-corrected chi connectivity index (χ0v) is 28.5. The Kier molecular flexibility index (Phi) is 11.5. The minimum Gasteiger partial charge on any atom is -0.488 e. The maximum absolute atomic E-state index is 13.6. The van der Waals surface area contributed by atoms with Crippen molar-refractivity contribution in [2.45, 2.75) is 110 Å². The van der Waals surface area contributed by atoms with E-state index < -0.39 is 11.6 Å². The summed E-state index contributed by atoms with van der Waals surface area (Å²) in [4.78, 5) is 29.7. The highest BCUT2D eigenvalue weighted by molar-refractivity contribution is 5.79. The van der Waals surface area contributed by atoms with E-state index in [0.29, 0.717) is 50.7 Å². The van der Waals surface area contributed by atoms with E-state index in [2.05, 4.69) is 15.5 Å². The first kappa shape index (κ1) is 35.3. The van der Waals surface area contributed by atoms with Crippen LogP contribution in [0.3, 0.4) is 0 Å². The lowest BCUT2D eigenvalue weighted by molar-refractivity contribution is -0.127. The first-order valence-corrected chi connectivity index (χ1v) is 15.5. The maximum Gasteiger partial charge on any atom is 0.410 e. The molecule has 0 radical (unpaired) electrons. The molecule has 0 aliphatic carbocycles. The number of nitrogens with one attached hydrogen (secondary N) is 1. The van der Waals surface area contributed by atoms with Crippen LogP contribution in [0.25, 0.3) is 0 Å². The van der Waals surface area contributed by atoms with Crippen LogP contribution in [0.5, 0.6) is 5.75 Å². The molecule has 0 saturated carbocycles. The molecule has 11 heteroatoms. The number of piperidine rings is 1. The third kappa shape index (κ3) is 11.4. The molecular formula is C33H53N5O6. The minimum absolute atomic E-state index is 0.105. The Morgan fingerprint density at radius 3 is 2.05 bits per heavy atom. The molecule has 2 heterocycles. The van der Waals surface area contributed by atoms with Gasteiger partial charge in [-0.05, 0) is 107 Å². The number of likely N-dealkylation sites (tertiary alicyclic amines) is 1. The van der Waals surface area contributed by atoms with E-state index in [1.165, 1.54) is 0 Å². The Hall–Kier alpha value is -3.18. The third-order valence-corrected chi connectivity index (χ3v) is 6.96. The van der Waals surface area contributed by atoms with E-state index in [-0.39, 0.29) is 35.2 Å². The van der Waals surface area contributed by atoms with Crippen LogP contribution in [-0.4, -0.2) is 82.6 Å². The van der Waals surface area contributed by atoms with E-state index in [0.717, 1.165) is 11.3 Å². The number of likely N-dealkylation sites (N-methyl/N-ethyl adjacent to an activating group) is 1. The lowest BCUT2D eigenvalue weighted by Crippen LogP contribution is -2.45. The van der Waals surface area contributed by atoms with Crippen molar-refractivity contribution in [3.05, 3.63) is 41.6 Å². The molecule has 1 aromatic heterocycles. The van der Waals surface area contributed by atoms with Crippen LogP contribution < -0.4 is 10.1 Å². The maximum atomic E-state index is 13.6. The normalized spacial score (nSPS) is 16.5. The van der Waals surface area contributed by atoms with Crippen LogP contribution in [0.4, 0.5) is 4.79 Å². The summed E-state index contributed by atoms with van der Waals surface area (Å²) in [5.41, 5.74) is -0.216. The quantitative estimate of drug-likeness (QED) is 0.358. The molecule has 11 nitrogen and oxygen atoms in total. The molecule has 0 unspecified atom stereocenters. The van der Waals surface area contributed by atoms with Gasteiger partial charge in [-0.2, -0.15) is 0 Å². The minimum atomic E-state index is -0.566. The van der Waals surface area contributed by atoms with Crippen molar-refractivity contribution in [3.63, 3.8) is 0 Å². The van der Waals surface area contributed by atoms with Gasteiger partial charge in [-0.3, -0.25) is 9.69 Å². The first-order valence-electron chi connectivity index (χ1n) is 15.5. The van der Waals surface area contributed by atoms with E-state index in [1.807, 2.05) is 106 Å². The number of carbonyl (C=O) groups excluding carboxylic acids is 2. The number of rotatable bonds is 10. The Morgan fingerprint density at radius 2 is 1.52 bits per heavy atom. The number of carbonyl (C=O) groups is 2. The van der Waals surface area contributed by atoms with Crippen molar-refractivity contribution in [2.75, 3.05) is 33.8 Å². The molecule has 2 amide bonds. The van der Waals surface area contributed by atoms with Crippen LogP contribution in [0.15, 0.2) is 28.7 Å². The summed E-state index contributed by atoms with van der Waals surface area (Å²) in [7, 11) is 3.87. The zero-order valence-electron chi connectivity index (χ0n) is 28.5. The van der Waals surface area contributed by atoms with Crippen LogP contribution in [0, 0.1) is 5.92 Å². The number of aromatic nitrogens is 2. The fourth-order valence-corrected chi connectivity index (χ4v) is 4.72. The lowest BCUT2D eigenvalue weighted by atomic mass is 9.95. The van der Waals surface area contributed by atoms with Gasteiger partial charge in [-0.15, -0.1) is 10.2 Å². The number of hydrogen-bond donors (Lipinski definition) is 1. The van der Waals surface area contributed by atoms with Gasteiger partial charge in [0.05, 0.1) is 12.2 Å². The van der Waals surface area contributed by atoms with E-state index >= 15 is 0 Å². The predicted octanol–water partition coefficient (Wildman–Crippen LogP) is 5.71. The van der Waals surface area contributed by atoms with Crippen LogP contribution in [-0.2, 0) is 20.7 Å². The second-order valence-electron chi connectivity index (χ2n) is 14.7. The highest BCUT2D eigenvalue weighted by atomic mass is 16.6. The Labute approximate surface area is 263 Å². The smallest absolute Gasteiger partial charge is 0.410 e. The summed E-state index contributed by atoms with van der Waals surface area (Å²) in [5.74, 6) is 1.17. The third-order valence-electron chi connectivity index (χ3n) is 6.96. The Bertz CT molecular complexity index is 1220. The fraction of sp³-hybridized carbons (Fsp3) is 0.697. The number of amides is 2. The summed E-state index contributed by atoms with van der Waals surface area (Å²) >= 11 is 0. The molecule has 0 bridgehead atoms. The SMILES string of the molecule is CN(C)[C@@H](COC(C)(C)C)c1nnc([C@H](Cc2ccc(OC(C)(C)C)cc2)NC(=O)C2CCN(C(=O)OC(C)(C)C)CC2)o1. The zero-order chi connectivity index (χ0) is 32.9. The van der Waals surface area contributed by atoms with Gasteiger partial charge < -0.3 is 28.8 Å². The highest BCUT2D eigenvalue weighted by Gasteiger charge is 2.33. The van der Waals surface area contributed by atoms with Gasteiger partial charge in [-0.1, -0.05) is 12.1 Å². The van der Waals surface area contributed by atoms with Crippen molar-refractivity contribution in [2.24, 2.45) is 5.92 Å². The molecule has 44 heavy (non-hydrogen) atoms. The van der Waals surface area contributed by atoms with E-state index in [4.69, 9.17) is 18.6 Å². The Morgan fingerprint density at radius 1 is 0.932 bits per heavy atom. The molecule has 1 fully saturated rings. The molecule has 0 spiro atoms. The summed E-state index contributed by atoms with van der Waals surface area (Å²) in [6, 6.07) is 7.02. The van der Waals surface area contributed by atoms with Crippen LogP contribution in [0.2, 0.25) is 0 Å². The number of benzene rings is 1. The lowest BCUT2D eigenvalue weighted by Gasteiger charge is -2.33. The molecule has 2 atom stereocenters. The molecule has 3 rings (SSSR count). The average molecular weight is 616 g/mol. The van der Waals surface area contributed by atoms with Crippen molar-refractivity contribution in [1.82, 2.24) is 25.3 Å². The van der Waals surface area contributed by atoms with Gasteiger partial charge in [0.25, 0.3) is 0 Å². The molecule has 1 saturated heterocycles. The summed E-state index contributed by atoms with van der Waals surface area (Å²) in [6.45, 7) is 18.8. The topological polar surface area (TPSA) is 119 Å².